The highest BCUT2D eigenvalue weighted by atomic mass is 32.2. The third-order valence-corrected chi connectivity index (χ3v) is 5.63. The Bertz CT molecular complexity index is 581. The molecule has 0 radical (unpaired) electrons. The summed E-state index contributed by atoms with van der Waals surface area (Å²) in [6.07, 6.45) is 0.207. The van der Waals surface area contributed by atoms with Gasteiger partial charge in [0.05, 0.1) is 5.75 Å². The number of hydrogen-bond acceptors (Lipinski definition) is 4. The van der Waals surface area contributed by atoms with E-state index in [2.05, 4.69) is 0 Å². The summed E-state index contributed by atoms with van der Waals surface area (Å²) in [5.74, 6) is 0.158. The maximum atomic E-state index is 12.0. The van der Waals surface area contributed by atoms with Crippen molar-refractivity contribution in [3.05, 3.63) is 35.9 Å². The van der Waals surface area contributed by atoms with Gasteiger partial charge in [-0.05, 0) is 12.0 Å². The van der Waals surface area contributed by atoms with Gasteiger partial charge in [0.15, 0.2) is 0 Å². The first-order valence-corrected chi connectivity index (χ1v) is 9.07. The van der Waals surface area contributed by atoms with Gasteiger partial charge in [0.25, 0.3) is 0 Å². The molecular weight excluding hydrogens is 304 g/mol. The lowest BCUT2D eigenvalue weighted by Crippen LogP contribution is -2.51. The number of amides is 1. The second-order valence-corrected chi connectivity index (χ2v) is 7.33. The van der Waals surface area contributed by atoms with Crippen LogP contribution in [0.25, 0.3) is 0 Å². The average Bonchev–Trinajstić information content (AvgIpc) is 2.54. The van der Waals surface area contributed by atoms with Crippen LogP contribution in [0.15, 0.2) is 30.3 Å². The van der Waals surface area contributed by atoms with Crippen molar-refractivity contribution in [2.75, 3.05) is 31.9 Å². The fourth-order valence-corrected chi connectivity index (χ4v) is 3.84. The van der Waals surface area contributed by atoms with Crippen molar-refractivity contribution >= 4 is 16.1 Å². The second kappa shape index (κ2) is 7.60. The van der Waals surface area contributed by atoms with Crippen molar-refractivity contribution in [1.29, 1.82) is 0 Å². The molecule has 1 aliphatic heterocycles. The molecule has 7 heteroatoms. The van der Waals surface area contributed by atoms with Crippen LogP contribution in [-0.4, -0.2) is 55.6 Å². The number of piperazine rings is 1. The van der Waals surface area contributed by atoms with Gasteiger partial charge in [0, 0.05) is 26.2 Å². The van der Waals surface area contributed by atoms with E-state index in [1.165, 1.54) is 4.31 Å². The van der Waals surface area contributed by atoms with E-state index in [-0.39, 0.29) is 12.4 Å². The molecule has 0 aromatic heterocycles. The highest BCUT2D eigenvalue weighted by molar-refractivity contribution is 7.89. The van der Waals surface area contributed by atoms with Crippen molar-refractivity contribution < 1.29 is 17.9 Å². The Balaban J connectivity index is 1.80. The zero-order valence-corrected chi connectivity index (χ0v) is 13.6. The predicted molar refractivity (Wildman–Crippen MR) is 83.9 cm³/mol. The van der Waals surface area contributed by atoms with Gasteiger partial charge in [-0.2, -0.15) is 4.31 Å². The fraction of sp³-hybridized carbons (Fsp3) is 0.533. The van der Waals surface area contributed by atoms with Gasteiger partial charge < -0.3 is 9.64 Å². The molecule has 0 spiro atoms. The Morgan fingerprint density at radius 3 is 2.36 bits per heavy atom. The molecule has 0 N–H and O–H groups in total. The minimum atomic E-state index is -3.18. The van der Waals surface area contributed by atoms with Crippen LogP contribution in [-0.2, 0) is 21.4 Å². The van der Waals surface area contributed by atoms with Crippen LogP contribution in [0.2, 0.25) is 0 Å². The first-order chi connectivity index (χ1) is 10.5. The van der Waals surface area contributed by atoms with Crippen LogP contribution in [0.1, 0.15) is 18.9 Å². The molecule has 0 bridgehead atoms. The zero-order chi connectivity index (χ0) is 16.0. The van der Waals surface area contributed by atoms with E-state index in [1.54, 1.807) is 4.90 Å². The molecule has 1 aliphatic rings. The van der Waals surface area contributed by atoms with E-state index in [1.807, 2.05) is 37.3 Å². The molecule has 0 aliphatic carbocycles. The van der Waals surface area contributed by atoms with Crippen LogP contribution in [0.5, 0.6) is 0 Å². The summed E-state index contributed by atoms with van der Waals surface area (Å²) in [4.78, 5) is 13.5. The Kier molecular flexibility index (Phi) is 5.79. The van der Waals surface area contributed by atoms with Gasteiger partial charge in [-0.1, -0.05) is 37.3 Å². The molecule has 1 saturated heterocycles. The number of ether oxygens (including phenoxy) is 1. The Hall–Kier alpha value is -1.60. The molecule has 1 heterocycles. The summed E-state index contributed by atoms with van der Waals surface area (Å²) < 4.78 is 30.6. The molecule has 0 unspecified atom stereocenters. The van der Waals surface area contributed by atoms with Gasteiger partial charge in [0.1, 0.15) is 6.61 Å². The molecule has 22 heavy (non-hydrogen) atoms. The number of carbonyl (C=O) groups is 1. The van der Waals surface area contributed by atoms with Gasteiger partial charge in [-0.25, -0.2) is 13.2 Å². The summed E-state index contributed by atoms with van der Waals surface area (Å²) >= 11 is 0. The van der Waals surface area contributed by atoms with Crippen LogP contribution >= 0.6 is 0 Å². The summed E-state index contributed by atoms with van der Waals surface area (Å²) in [6, 6.07) is 9.47. The van der Waals surface area contributed by atoms with Crippen LogP contribution in [0, 0.1) is 0 Å². The molecule has 122 valence electrons. The summed E-state index contributed by atoms with van der Waals surface area (Å²) in [6.45, 7) is 3.49. The first kappa shape index (κ1) is 16.8. The Morgan fingerprint density at radius 1 is 1.14 bits per heavy atom. The number of rotatable bonds is 5. The predicted octanol–water partition coefficient (Wildman–Crippen LogP) is 1.68. The van der Waals surface area contributed by atoms with Crippen molar-refractivity contribution in [2.24, 2.45) is 0 Å². The van der Waals surface area contributed by atoms with E-state index in [9.17, 15) is 13.2 Å². The van der Waals surface area contributed by atoms with Crippen molar-refractivity contribution in [3.8, 4) is 0 Å². The third kappa shape index (κ3) is 4.45. The lowest BCUT2D eigenvalue weighted by atomic mass is 10.2. The quantitative estimate of drug-likeness (QED) is 0.826. The molecule has 0 atom stereocenters. The summed E-state index contributed by atoms with van der Waals surface area (Å²) in [5.41, 5.74) is 0.931. The highest BCUT2D eigenvalue weighted by Gasteiger charge is 2.28. The molecule has 1 amide bonds. The summed E-state index contributed by atoms with van der Waals surface area (Å²) in [7, 11) is -3.18. The van der Waals surface area contributed by atoms with Crippen molar-refractivity contribution in [1.82, 2.24) is 9.21 Å². The fourth-order valence-electron chi connectivity index (χ4n) is 2.35. The largest absolute Gasteiger partial charge is 0.445 e. The van der Waals surface area contributed by atoms with Crippen LogP contribution < -0.4 is 0 Å². The van der Waals surface area contributed by atoms with Crippen LogP contribution in [0.4, 0.5) is 4.79 Å². The topological polar surface area (TPSA) is 66.9 Å². The molecule has 2 rings (SSSR count). The monoisotopic (exact) mass is 326 g/mol. The van der Waals surface area contributed by atoms with Crippen molar-refractivity contribution in [2.45, 2.75) is 20.0 Å². The lowest BCUT2D eigenvalue weighted by Gasteiger charge is -2.33. The smallest absolute Gasteiger partial charge is 0.410 e. The maximum Gasteiger partial charge on any atom is 0.410 e. The molecule has 6 nitrogen and oxygen atoms in total. The third-order valence-electron chi connectivity index (χ3n) is 3.56. The van der Waals surface area contributed by atoms with E-state index in [4.69, 9.17) is 4.74 Å². The van der Waals surface area contributed by atoms with Gasteiger partial charge in [-0.3, -0.25) is 0 Å². The maximum absolute atomic E-state index is 12.0. The zero-order valence-electron chi connectivity index (χ0n) is 12.8. The number of sulfonamides is 1. The summed E-state index contributed by atoms with van der Waals surface area (Å²) in [5, 5.41) is 0. The average molecular weight is 326 g/mol. The minimum absolute atomic E-state index is 0.158. The Morgan fingerprint density at radius 2 is 1.77 bits per heavy atom. The van der Waals surface area contributed by atoms with Gasteiger partial charge in [0.2, 0.25) is 10.0 Å². The van der Waals surface area contributed by atoms with Crippen LogP contribution in [0.3, 0.4) is 0 Å². The number of carbonyl (C=O) groups excluding carboxylic acids is 1. The Labute approximate surface area is 131 Å². The van der Waals surface area contributed by atoms with Gasteiger partial charge >= 0.3 is 6.09 Å². The molecule has 1 aromatic rings. The molecule has 1 aromatic carbocycles. The molecule has 1 fully saturated rings. The second-order valence-electron chi connectivity index (χ2n) is 5.24. The van der Waals surface area contributed by atoms with Crippen molar-refractivity contribution in [3.63, 3.8) is 0 Å². The normalized spacial score (nSPS) is 16.5. The SMILES string of the molecule is CCCS(=O)(=O)N1CCN(C(=O)OCc2ccccc2)CC1. The number of nitrogens with zero attached hydrogens (tertiary/aromatic N) is 2. The highest BCUT2D eigenvalue weighted by Crippen LogP contribution is 2.11. The van der Waals surface area contributed by atoms with E-state index in [0.717, 1.165) is 5.56 Å². The minimum Gasteiger partial charge on any atom is -0.445 e. The van der Waals surface area contributed by atoms with E-state index >= 15 is 0 Å². The molecular formula is C15H22N2O4S. The standard InChI is InChI=1S/C15H22N2O4S/c1-2-12-22(19,20)17-10-8-16(9-11-17)15(18)21-13-14-6-4-3-5-7-14/h3-7H,2,8-13H2,1H3. The first-order valence-electron chi connectivity index (χ1n) is 7.46. The van der Waals surface area contributed by atoms with E-state index < -0.39 is 16.1 Å². The molecule has 0 saturated carbocycles. The van der Waals surface area contributed by atoms with E-state index in [0.29, 0.717) is 32.6 Å². The number of benzene rings is 1. The van der Waals surface area contributed by atoms with Gasteiger partial charge in [-0.15, -0.1) is 0 Å². The lowest BCUT2D eigenvalue weighted by molar-refractivity contribution is 0.0838. The number of hydrogen-bond donors (Lipinski definition) is 0.